The molecular formula is C20H15NO2. The first-order valence-electron chi connectivity index (χ1n) is 7.64. The molecule has 1 N–H and O–H groups in total. The highest BCUT2D eigenvalue weighted by molar-refractivity contribution is 6.12. The Morgan fingerprint density at radius 3 is 2.74 bits per heavy atom. The van der Waals surface area contributed by atoms with Gasteiger partial charge in [0.1, 0.15) is 0 Å². The van der Waals surface area contributed by atoms with Gasteiger partial charge in [-0.1, -0.05) is 60.7 Å². The SMILES string of the molecule is O=C1CC2=CC(=Cc3cccc4ccccc34)CC=C2C(=O)N1. The van der Waals surface area contributed by atoms with Gasteiger partial charge in [0.2, 0.25) is 5.91 Å². The Balaban J connectivity index is 1.75. The van der Waals surface area contributed by atoms with Gasteiger partial charge in [-0.3, -0.25) is 14.9 Å². The van der Waals surface area contributed by atoms with Crippen molar-refractivity contribution in [2.45, 2.75) is 12.8 Å². The highest BCUT2D eigenvalue weighted by Gasteiger charge is 2.26. The lowest BCUT2D eigenvalue weighted by molar-refractivity contribution is -0.129. The molecule has 1 fully saturated rings. The molecule has 2 aliphatic rings. The summed E-state index contributed by atoms with van der Waals surface area (Å²) in [7, 11) is 0. The van der Waals surface area contributed by atoms with Gasteiger partial charge in [-0.05, 0) is 33.9 Å². The first kappa shape index (κ1) is 13.7. The van der Waals surface area contributed by atoms with Gasteiger partial charge in [-0.2, -0.15) is 0 Å². The molecule has 3 nitrogen and oxygen atoms in total. The number of allylic oxidation sites excluding steroid dienone is 3. The molecule has 2 aromatic rings. The Morgan fingerprint density at radius 1 is 1.00 bits per heavy atom. The van der Waals surface area contributed by atoms with Crippen LogP contribution in [-0.2, 0) is 9.59 Å². The van der Waals surface area contributed by atoms with Gasteiger partial charge < -0.3 is 0 Å². The van der Waals surface area contributed by atoms with Crippen LogP contribution < -0.4 is 5.32 Å². The van der Waals surface area contributed by atoms with Crippen LogP contribution in [-0.4, -0.2) is 11.8 Å². The standard InChI is InChI=1S/C20H15NO2/c22-19-12-16-11-13(8-9-18(16)20(23)21-19)10-15-6-3-5-14-4-1-2-7-17(14)15/h1-7,9-11H,8,12H2,(H,21,22,23). The molecule has 0 aromatic heterocycles. The number of imide groups is 1. The van der Waals surface area contributed by atoms with E-state index >= 15 is 0 Å². The maximum absolute atomic E-state index is 11.8. The molecule has 0 unspecified atom stereocenters. The minimum absolute atomic E-state index is 0.232. The molecule has 4 rings (SSSR count). The summed E-state index contributed by atoms with van der Waals surface area (Å²) < 4.78 is 0. The first-order valence-corrected chi connectivity index (χ1v) is 7.64. The van der Waals surface area contributed by atoms with Crippen molar-refractivity contribution >= 4 is 28.7 Å². The first-order chi connectivity index (χ1) is 11.2. The lowest BCUT2D eigenvalue weighted by atomic mass is 9.88. The summed E-state index contributed by atoms with van der Waals surface area (Å²) in [5.41, 5.74) is 3.72. The van der Waals surface area contributed by atoms with Gasteiger partial charge in [-0.15, -0.1) is 0 Å². The van der Waals surface area contributed by atoms with Gasteiger partial charge in [0, 0.05) is 5.57 Å². The average Bonchev–Trinajstić information content (AvgIpc) is 2.55. The number of benzene rings is 2. The van der Waals surface area contributed by atoms with Crippen molar-refractivity contribution in [2.24, 2.45) is 0 Å². The quantitative estimate of drug-likeness (QED) is 0.819. The topological polar surface area (TPSA) is 46.2 Å². The summed E-state index contributed by atoms with van der Waals surface area (Å²) in [5.74, 6) is -0.512. The highest BCUT2D eigenvalue weighted by atomic mass is 16.2. The molecule has 0 atom stereocenters. The van der Waals surface area contributed by atoms with E-state index in [1.165, 1.54) is 10.8 Å². The van der Waals surface area contributed by atoms with Crippen molar-refractivity contribution in [3.05, 3.63) is 76.9 Å². The van der Waals surface area contributed by atoms with Crippen LogP contribution in [0.5, 0.6) is 0 Å². The fraction of sp³-hybridized carbons (Fsp3) is 0.100. The van der Waals surface area contributed by atoms with Crippen LogP contribution in [0.1, 0.15) is 18.4 Å². The van der Waals surface area contributed by atoms with E-state index in [2.05, 4.69) is 35.7 Å². The maximum atomic E-state index is 11.8. The van der Waals surface area contributed by atoms with E-state index in [4.69, 9.17) is 0 Å². The van der Waals surface area contributed by atoms with Crippen LogP contribution in [0.15, 0.2) is 71.3 Å². The van der Waals surface area contributed by atoms with Gasteiger partial charge >= 0.3 is 0 Å². The second kappa shape index (κ2) is 5.36. The maximum Gasteiger partial charge on any atom is 0.257 e. The Kier molecular flexibility index (Phi) is 3.19. The molecule has 0 radical (unpaired) electrons. The normalized spacial score (nSPS) is 19.2. The van der Waals surface area contributed by atoms with Crippen molar-refractivity contribution in [1.29, 1.82) is 0 Å². The Morgan fingerprint density at radius 2 is 1.83 bits per heavy atom. The molecular weight excluding hydrogens is 286 g/mol. The minimum Gasteiger partial charge on any atom is -0.292 e. The van der Waals surface area contributed by atoms with E-state index in [0.29, 0.717) is 12.0 Å². The van der Waals surface area contributed by atoms with Crippen molar-refractivity contribution in [3.8, 4) is 0 Å². The van der Waals surface area contributed by atoms with E-state index in [9.17, 15) is 9.59 Å². The Hall–Kier alpha value is -2.94. The average molecular weight is 301 g/mol. The highest BCUT2D eigenvalue weighted by Crippen LogP contribution is 2.30. The monoisotopic (exact) mass is 301 g/mol. The van der Waals surface area contributed by atoms with E-state index < -0.39 is 0 Å². The molecule has 1 heterocycles. The summed E-state index contributed by atoms with van der Waals surface area (Å²) in [5, 5.41) is 4.77. The van der Waals surface area contributed by atoms with Crippen LogP contribution >= 0.6 is 0 Å². The Labute approximate surface area is 134 Å². The molecule has 2 amide bonds. The molecule has 23 heavy (non-hydrogen) atoms. The summed E-state index contributed by atoms with van der Waals surface area (Å²) in [4.78, 5) is 23.4. The number of rotatable bonds is 1. The molecule has 0 saturated carbocycles. The number of amides is 2. The predicted molar refractivity (Wildman–Crippen MR) is 90.5 cm³/mol. The van der Waals surface area contributed by atoms with Gasteiger partial charge in [0.15, 0.2) is 0 Å². The van der Waals surface area contributed by atoms with Crippen molar-refractivity contribution in [1.82, 2.24) is 5.32 Å². The smallest absolute Gasteiger partial charge is 0.257 e. The predicted octanol–water partition coefficient (Wildman–Crippen LogP) is 3.53. The van der Waals surface area contributed by atoms with Crippen molar-refractivity contribution < 1.29 is 9.59 Å². The summed E-state index contributed by atoms with van der Waals surface area (Å²) in [6.45, 7) is 0. The second-order valence-corrected chi connectivity index (χ2v) is 5.83. The third-order valence-electron chi connectivity index (χ3n) is 4.26. The van der Waals surface area contributed by atoms with Crippen LogP contribution in [0, 0.1) is 0 Å². The van der Waals surface area contributed by atoms with Crippen LogP contribution in [0.2, 0.25) is 0 Å². The number of piperidine rings is 1. The largest absolute Gasteiger partial charge is 0.292 e. The lowest BCUT2D eigenvalue weighted by Crippen LogP contribution is -2.37. The van der Waals surface area contributed by atoms with Crippen molar-refractivity contribution in [2.75, 3.05) is 0 Å². The lowest BCUT2D eigenvalue weighted by Gasteiger charge is -2.21. The zero-order valence-corrected chi connectivity index (χ0v) is 12.5. The second-order valence-electron chi connectivity index (χ2n) is 5.83. The Bertz CT molecular complexity index is 926. The molecule has 3 heteroatoms. The van der Waals surface area contributed by atoms with Crippen LogP contribution in [0.3, 0.4) is 0 Å². The van der Waals surface area contributed by atoms with Crippen molar-refractivity contribution in [3.63, 3.8) is 0 Å². The number of nitrogens with one attached hydrogen (secondary N) is 1. The third-order valence-corrected chi connectivity index (χ3v) is 4.26. The molecule has 112 valence electrons. The number of hydrogen-bond donors (Lipinski definition) is 1. The zero-order valence-electron chi connectivity index (χ0n) is 12.5. The van der Waals surface area contributed by atoms with Gasteiger partial charge in [0.05, 0.1) is 6.42 Å². The van der Waals surface area contributed by atoms with Gasteiger partial charge in [0.25, 0.3) is 5.91 Å². The van der Waals surface area contributed by atoms with Crippen LogP contribution in [0.25, 0.3) is 16.8 Å². The summed E-state index contributed by atoms with van der Waals surface area (Å²) in [6, 6.07) is 14.5. The van der Waals surface area contributed by atoms with E-state index in [0.717, 1.165) is 16.7 Å². The summed E-state index contributed by atoms with van der Waals surface area (Å²) in [6.07, 6.45) is 7.00. The molecule has 0 spiro atoms. The fourth-order valence-electron chi connectivity index (χ4n) is 3.18. The van der Waals surface area contributed by atoms with E-state index in [-0.39, 0.29) is 18.2 Å². The number of hydrogen-bond acceptors (Lipinski definition) is 2. The van der Waals surface area contributed by atoms with Crippen LogP contribution in [0.4, 0.5) is 0 Å². The minimum atomic E-state index is -0.281. The van der Waals surface area contributed by atoms with E-state index in [1.54, 1.807) is 0 Å². The molecule has 1 saturated heterocycles. The molecule has 1 aliphatic heterocycles. The third kappa shape index (κ3) is 2.50. The molecule has 2 aromatic carbocycles. The number of carbonyl (C=O) groups excluding carboxylic acids is 2. The number of fused-ring (bicyclic) bond motifs is 2. The summed E-state index contributed by atoms with van der Waals surface area (Å²) >= 11 is 0. The molecule has 0 bridgehead atoms. The molecule has 1 aliphatic carbocycles. The van der Waals surface area contributed by atoms with E-state index in [1.807, 2.05) is 30.4 Å². The number of carbonyl (C=O) groups is 2. The fourth-order valence-corrected chi connectivity index (χ4v) is 3.18. The zero-order chi connectivity index (χ0) is 15.8. The van der Waals surface area contributed by atoms with Gasteiger partial charge in [-0.25, -0.2) is 0 Å².